The molecule has 0 heterocycles. The second-order valence-corrected chi connectivity index (χ2v) is 5.58. The summed E-state index contributed by atoms with van der Waals surface area (Å²) >= 11 is 0. The van der Waals surface area contributed by atoms with Crippen molar-refractivity contribution in [1.82, 2.24) is 5.32 Å². The van der Waals surface area contributed by atoms with E-state index in [0.29, 0.717) is 19.4 Å². The van der Waals surface area contributed by atoms with E-state index in [0.717, 1.165) is 0 Å². The van der Waals surface area contributed by atoms with Gasteiger partial charge in [-0.1, -0.05) is 27.7 Å². The Labute approximate surface area is 103 Å². The van der Waals surface area contributed by atoms with Crippen LogP contribution in [0.25, 0.3) is 0 Å². The van der Waals surface area contributed by atoms with Gasteiger partial charge in [0, 0.05) is 6.42 Å². The number of hydrogen-bond acceptors (Lipinski definition) is 3. The summed E-state index contributed by atoms with van der Waals surface area (Å²) in [5, 5.41) is 11.6. The summed E-state index contributed by atoms with van der Waals surface area (Å²) < 4.78 is 0. The number of rotatable bonds is 6. The van der Waals surface area contributed by atoms with Crippen molar-refractivity contribution in [2.45, 2.75) is 46.6 Å². The first-order chi connectivity index (χ1) is 7.68. The maximum Gasteiger partial charge on any atom is 0.326 e. The smallest absolute Gasteiger partial charge is 0.326 e. The van der Waals surface area contributed by atoms with Crippen molar-refractivity contribution in [3.8, 4) is 0 Å². The van der Waals surface area contributed by atoms with E-state index in [1.54, 1.807) is 20.8 Å². The molecule has 5 heteroatoms. The van der Waals surface area contributed by atoms with Crippen molar-refractivity contribution in [3.05, 3.63) is 0 Å². The summed E-state index contributed by atoms with van der Waals surface area (Å²) in [5.74, 6) is -0.955. The van der Waals surface area contributed by atoms with Crippen molar-refractivity contribution >= 4 is 11.9 Å². The fourth-order valence-corrected chi connectivity index (χ4v) is 1.38. The number of aliphatic carboxylic acids is 1. The molecule has 0 saturated carbocycles. The molecule has 4 N–H and O–H groups in total. The van der Waals surface area contributed by atoms with Gasteiger partial charge in [0.15, 0.2) is 0 Å². The molecule has 0 aliphatic carbocycles. The molecule has 0 radical (unpaired) electrons. The van der Waals surface area contributed by atoms with Crippen LogP contribution in [-0.4, -0.2) is 29.6 Å². The lowest BCUT2D eigenvalue weighted by molar-refractivity contribution is -0.145. The van der Waals surface area contributed by atoms with Crippen LogP contribution in [0, 0.1) is 11.3 Å². The van der Waals surface area contributed by atoms with Crippen molar-refractivity contribution in [2.24, 2.45) is 17.1 Å². The van der Waals surface area contributed by atoms with Crippen LogP contribution in [0.3, 0.4) is 0 Å². The Balaban J connectivity index is 4.29. The average Bonchev–Trinajstić information content (AvgIpc) is 2.20. The molecule has 0 saturated heterocycles. The largest absolute Gasteiger partial charge is 0.480 e. The molecule has 0 aromatic heterocycles. The molecular weight excluding hydrogens is 220 g/mol. The number of nitrogens with two attached hydrogens (primary N) is 1. The summed E-state index contributed by atoms with van der Waals surface area (Å²) in [6.07, 6.45) is 0.997. The number of carboxylic acids is 1. The molecule has 17 heavy (non-hydrogen) atoms. The van der Waals surface area contributed by atoms with Gasteiger partial charge in [0.25, 0.3) is 0 Å². The summed E-state index contributed by atoms with van der Waals surface area (Å²) in [6.45, 7) is 7.86. The van der Waals surface area contributed by atoms with Gasteiger partial charge in [0.1, 0.15) is 6.04 Å². The average molecular weight is 244 g/mol. The van der Waals surface area contributed by atoms with Crippen LogP contribution in [0.4, 0.5) is 0 Å². The molecule has 0 aliphatic heterocycles. The third-order valence-corrected chi connectivity index (χ3v) is 2.68. The molecule has 0 aromatic carbocycles. The fourth-order valence-electron chi connectivity index (χ4n) is 1.38. The second-order valence-electron chi connectivity index (χ2n) is 5.58. The zero-order valence-electron chi connectivity index (χ0n) is 11.1. The Kier molecular flexibility index (Phi) is 6.16. The van der Waals surface area contributed by atoms with Gasteiger partial charge < -0.3 is 16.2 Å². The highest BCUT2D eigenvalue weighted by atomic mass is 16.4. The number of carbonyl (C=O) groups excluding carboxylic acids is 1. The van der Waals surface area contributed by atoms with Crippen LogP contribution < -0.4 is 11.1 Å². The zero-order valence-corrected chi connectivity index (χ0v) is 11.1. The van der Waals surface area contributed by atoms with Gasteiger partial charge in [-0.25, -0.2) is 4.79 Å². The van der Waals surface area contributed by atoms with Crippen LogP contribution in [-0.2, 0) is 9.59 Å². The summed E-state index contributed by atoms with van der Waals surface area (Å²) in [4.78, 5) is 22.7. The maximum atomic E-state index is 11.6. The van der Waals surface area contributed by atoms with Crippen LogP contribution in [0.2, 0.25) is 0 Å². The van der Waals surface area contributed by atoms with E-state index in [4.69, 9.17) is 10.8 Å². The molecular formula is C12H24N2O3. The molecule has 1 amide bonds. The van der Waals surface area contributed by atoms with Crippen molar-refractivity contribution in [2.75, 3.05) is 6.54 Å². The van der Waals surface area contributed by atoms with Gasteiger partial charge in [0.2, 0.25) is 5.91 Å². The topological polar surface area (TPSA) is 92.4 Å². The minimum absolute atomic E-state index is 0.229. The lowest BCUT2D eigenvalue weighted by Gasteiger charge is -2.27. The highest BCUT2D eigenvalue weighted by Gasteiger charge is 2.32. The van der Waals surface area contributed by atoms with E-state index >= 15 is 0 Å². The molecule has 0 aliphatic rings. The van der Waals surface area contributed by atoms with Gasteiger partial charge >= 0.3 is 5.97 Å². The molecule has 1 unspecified atom stereocenters. The highest BCUT2D eigenvalue weighted by Crippen LogP contribution is 2.19. The van der Waals surface area contributed by atoms with E-state index in [-0.39, 0.29) is 11.8 Å². The van der Waals surface area contributed by atoms with Crippen LogP contribution in [0.5, 0.6) is 0 Å². The van der Waals surface area contributed by atoms with E-state index in [1.165, 1.54) is 0 Å². The van der Waals surface area contributed by atoms with Crippen LogP contribution in [0.15, 0.2) is 0 Å². The molecule has 0 spiro atoms. The van der Waals surface area contributed by atoms with Gasteiger partial charge in [-0.05, 0) is 24.3 Å². The van der Waals surface area contributed by atoms with Crippen molar-refractivity contribution < 1.29 is 14.7 Å². The minimum Gasteiger partial charge on any atom is -0.480 e. The Bertz CT molecular complexity index is 271. The van der Waals surface area contributed by atoms with Crippen LogP contribution >= 0.6 is 0 Å². The predicted octanol–water partition coefficient (Wildman–Crippen LogP) is 0.977. The third-order valence-electron chi connectivity index (χ3n) is 2.68. The monoisotopic (exact) mass is 244 g/mol. The number of carbonyl (C=O) groups is 2. The minimum atomic E-state index is -1.00. The van der Waals surface area contributed by atoms with E-state index in [9.17, 15) is 9.59 Å². The summed E-state index contributed by atoms with van der Waals surface area (Å²) in [6, 6.07) is -0.858. The van der Waals surface area contributed by atoms with Crippen molar-refractivity contribution in [1.29, 1.82) is 0 Å². The normalized spacial score (nSPS) is 15.1. The number of amides is 1. The molecule has 0 bridgehead atoms. The lowest BCUT2D eigenvalue weighted by atomic mass is 9.86. The Morgan fingerprint density at radius 1 is 1.35 bits per heavy atom. The number of nitrogens with one attached hydrogen (secondary N) is 1. The Morgan fingerprint density at radius 2 is 1.88 bits per heavy atom. The molecule has 2 atom stereocenters. The van der Waals surface area contributed by atoms with Gasteiger partial charge in [-0.2, -0.15) is 0 Å². The molecule has 0 fully saturated rings. The van der Waals surface area contributed by atoms with E-state index in [1.807, 2.05) is 6.92 Å². The lowest BCUT2D eigenvalue weighted by Crippen LogP contribution is -2.49. The second kappa shape index (κ2) is 6.59. The summed E-state index contributed by atoms with van der Waals surface area (Å²) in [7, 11) is 0. The van der Waals surface area contributed by atoms with Gasteiger partial charge in [-0.15, -0.1) is 0 Å². The molecule has 100 valence electrons. The van der Waals surface area contributed by atoms with E-state index in [2.05, 4.69) is 5.32 Å². The first kappa shape index (κ1) is 15.9. The highest BCUT2D eigenvalue weighted by molar-refractivity contribution is 5.84. The van der Waals surface area contributed by atoms with Crippen LogP contribution in [0.1, 0.15) is 40.5 Å². The van der Waals surface area contributed by atoms with Crippen molar-refractivity contribution in [3.63, 3.8) is 0 Å². The van der Waals surface area contributed by atoms with Gasteiger partial charge in [-0.3, -0.25) is 4.79 Å². The molecule has 5 nitrogen and oxygen atoms in total. The fraction of sp³-hybridized carbons (Fsp3) is 0.833. The zero-order chi connectivity index (χ0) is 13.6. The SMILES string of the molecule is CC(CN)CCC(=O)N[C@@H](C(=O)O)C(C)(C)C. The number of hydrogen-bond donors (Lipinski definition) is 3. The first-order valence-corrected chi connectivity index (χ1v) is 5.90. The van der Waals surface area contributed by atoms with E-state index < -0.39 is 17.4 Å². The standard InChI is InChI=1S/C12H24N2O3/c1-8(7-13)5-6-9(15)14-10(11(16)17)12(2,3)4/h8,10H,5-7,13H2,1-4H3,(H,14,15)(H,16,17)/t8?,10-/m0/s1. The Hall–Kier alpha value is -1.10. The first-order valence-electron chi connectivity index (χ1n) is 5.90. The third kappa shape index (κ3) is 6.26. The van der Waals surface area contributed by atoms with Gasteiger partial charge in [0.05, 0.1) is 0 Å². The maximum absolute atomic E-state index is 11.6. The summed E-state index contributed by atoms with van der Waals surface area (Å²) in [5.41, 5.74) is 4.95. The number of carboxylic acid groups (broad SMARTS) is 1. The quantitative estimate of drug-likeness (QED) is 0.649. The predicted molar refractivity (Wildman–Crippen MR) is 66.5 cm³/mol. The Morgan fingerprint density at radius 3 is 2.24 bits per heavy atom. The molecule has 0 rings (SSSR count). The molecule has 0 aromatic rings.